The normalized spacial score (nSPS) is 12.5. The Balaban J connectivity index is 1.95. The van der Waals surface area contributed by atoms with E-state index in [9.17, 15) is 28.3 Å². The van der Waals surface area contributed by atoms with E-state index in [1.807, 2.05) is 0 Å². The summed E-state index contributed by atoms with van der Waals surface area (Å²) in [6, 6.07) is 2.95. The Morgan fingerprint density at radius 1 is 1.21 bits per heavy atom. The van der Waals surface area contributed by atoms with E-state index in [1.165, 1.54) is 10.6 Å². The molecular weight excluding hydrogens is 372 g/mol. The van der Waals surface area contributed by atoms with Crippen molar-refractivity contribution in [2.45, 2.75) is 32.9 Å². The molecule has 0 bridgehead atoms. The zero-order chi connectivity index (χ0) is 20.4. The number of rotatable bonds is 5. The number of nitrogens with zero attached hydrogens (tertiary/aromatic N) is 1. The van der Waals surface area contributed by atoms with Gasteiger partial charge in [-0.15, -0.1) is 0 Å². The predicted octanol–water partition coefficient (Wildman–Crippen LogP) is 1.46. The number of aromatic nitrogens is 1. The molecule has 0 unspecified atom stereocenters. The van der Waals surface area contributed by atoms with Crippen LogP contribution >= 0.6 is 0 Å². The number of hydrogen-bond acceptors (Lipinski definition) is 4. The Bertz CT molecular complexity index is 1020. The molecule has 0 fully saturated rings. The molecule has 0 radical (unpaired) electrons. The highest BCUT2D eigenvalue weighted by atomic mass is 19.1. The quantitative estimate of drug-likeness (QED) is 0.718. The summed E-state index contributed by atoms with van der Waals surface area (Å²) >= 11 is 0. The lowest BCUT2D eigenvalue weighted by molar-refractivity contribution is 0.0928. The maximum Gasteiger partial charge on any atom is 0.271 e. The molecule has 0 atom stereocenters. The molecule has 0 spiro atoms. The van der Waals surface area contributed by atoms with E-state index in [1.54, 1.807) is 6.92 Å². The zero-order valence-electron chi connectivity index (χ0n) is 15.1. The second-order valence-corrected chi connectivity index (χ2v) is 6.38. The van der Waals surface area contributed by atoms with Crippen molar-refractivity contribution in [3.8, 4) is 5.75 Å². The van der Waals surface area contributed by atoms with Crippen LogP contribution in [-0.4, -0.2) is 28.0 Å². The SMILES string of the molecule is CCNC(=O)c1c(O)c(=O)c(C(=O)NCc2ccc(F)cc2F)c2n1CCC2. The second kappa shape index (κ2) is 7.79. The number of carbonyl (C=O) groups is 2. The number of benzene rings is 1. The van der Waals surface area contributed by atoms with Crippen molar-refractivity contribution in [2.24, 2.45) is 0 Å². The van der Waals surface area contributed by atoms with Gasteiger partial charge in [0.15, 0.2) is 11.4 Å². The molecule has 1 aromatic heterocycles. The lowest BCUT2D eigenvalue weighted by atomic mass is 10.1. The van der Waals surface area contributed by atoms with Gasteiger partial charge in [-0.05, 0) is 25.8 Å². The van der Waals surface area contributed by atoms with Gasteiger partial charge in [0.25, 0.3) is 11.8 Å². The Kier molecular flexibility index (Phi) is 5.43. The van der Waals surface area contributed by atoms with Crippen LogP contribution in [-0.2, 0) is 19.5 Å². The number of amides is 2. The summed E-state index contributed by atoms with van der Waals surface area (Å²) in [7, 11) is 0. The first-order chi connectivity index (χ1) is 13.3. The standard InChI is InChI=1S/C19H19F2N3O4/c1-2-22-19(28)15-17(26)16(25)14(13-4-3-7-24(13)15)18(27)23-9-10-5-6-11(20)8-12(10)21/h5-6,8,26H,2-4,7,9H2,1H3,(H,22,28)(H,23,27). The van der Waals surface area contributed by atoms with Crippen LogP contribution in [0.15, 0.2) is 23.0 Å². The average Bonchev–Trinajstić information content (AvgIpc) is 3.10. The molecule has 3 N–H and O–H groups in total. The number of carbonyl (C=O) groups excluding carboxylic acids is 2. The monoisotopic (exact) mass is 391 g/mol. The largest absolute Gasteiger partial charge is 0.503 e. The van der Waals surface area contributed by atoms with Crippen LogP contribution in [0.3, 0.4) is 0 Å². The molecule has 2 heterocycles. The maximum atomic E-state index is 13.7. The van der Waals surface area contributed by atoms with Crippen LogP contribution < -0.4 is 16.1 Å². The number of hydrogen-bond donors (Lipinski definition) is 3. The second-order valence-electron chi connectivity index (χ2n) is 6.38. The molecule has 0 saturated heterocycles. The van der Waals surface area contributed by atoms with Gasteiger partial charge in [0, 0.05) is 37.0 Å². The van der Waals surface area contributed by atoms with Crippen molar-refractivity contribution in [3.05, 3.63) is 62.6 Å². The van der Waals surface area contributed by atoms with Gasteiger partial charge < -0.3 is 20.3 Å². The molecule has 9 heteroatoms. The molecule has 7 nitrogen and oxygen atoms in total. The van der Waals surface area contributed by atoms with E-state index in [0.717, 1.165) is 6.07 Å². The fraction of sp³-hybridized carbons (Fsp3) is 0.316. The van der Waals surface area contributed by atoms with Crippen LogP contribution in [0, 0.1) is 11.6 Å². The van der Waals surface area contributed by atoms with Crippen molar-refractivity contribution >= 4 is 11.8 Å². The van der Waals surface area contributed by atoms with E-state index < -0.39 is 34.6 Å². The van der Waals surface area contributed by atoms with Crippen LogP contribution in [0.2, 0.25) is 0 Å². The summed E-state index contributed by atoms with van der Waals surface area (Å²) in [5, 5.41) is 15.2. The molecule has 2 amide bonds. The van der Waals surface area contributed by atoms with Gasteiger partial charge in [0.05, 0.1) is 0 Å². The maximum absolute atomic E-state index is 13.7. The van der Waals surface area contributed by atoms with Crippen molar-refractivity contribution in [3.63, 3.8) is 0 Å². The number of nitrogens with one attached hydrogen (secondary N) is 2. The Hall–Kier alpha value is -3.23. The smallest absolute Gasteiger partial charge is 0.271 e. The van der Waals surface area contributed by atoms with Crippen molar-refractivity contribution < 1.29 is 23.5 Å². The third kappa shape index (κ3) is 3.47. The molecule has 1 aromatic carbocycles. The number of halogens is 2. The van der Waals surface area contributed by atoms with Crippen LogP contribution in [0.1, 0.15) is 45.4 Å². The minimum atomic E-state index is -0.952. The molecule has 0 aliphatic carbocycles. The van der Waals surface area contributed by atoms with Gasteiger partial charge in [-0.3, -0.25) is 14.4 Å². The molecule has 1 aliphatic rings. The summed E-state index contributed by atoms with van der Waals surface area (Å²) in [5.41, 5.74) is -0.992. The summed E-state index contributed by atoms with van der Waals surface area (Å²) in [4.78, 5) is 37.4. The van der Waals surface area contributed by atoms with E-state index in [2.05, 4.69) is 10.6 Å². The van der Waals surface area contributed by atoms with Gasteiger partial charge in [0.2, 0.25) is 5.43 Å². The number of aromatic hydroxyl groups is 1. The fourth-order valence-electron chi connectivity index (χ4n) is 3.30. The molecular formula is C19H19F2N3O4. The number of pyridine rings is 1. The highest BCUT2D eigenvalue weighted by molar-refractivity contribution is 5.99. The average molecular weight is 391 g/mol. The summed E-state index contributed by atoms with van der Waals surface area (Å²) in [6.45, 7) is 2.13. The van der Waals surface area contributed by atoms with Crippen LogP contribution in [0.25, 0.3) is 0 Å². The van der Waals surface area contributed by atoms with E-state index in [-0.39, 0.29) is 23.4 Å². The Morgan fingerprint density at radius 2 is 1.96 bits per heavy atom. The molecule has 3 rings (SSSR count). The van der Waals surface area contributed by atoms with Crippen molar-refractivity contribution in [1.82, 2.24) is 15.2 Å². The lowest BCUT2D eigenvalue weighted by Crippen LogP contribution is -2.34. The predicted molar refractivity (Wildman–Crippen MR) is 96.2 cm³/mol. The summed E-state index contributed by atoms with van der Waals surface area (Å²) in [5.74, 6) is -3.75. The van der Waals surface area contributed by atoms with Gasteiger partial charge in [-0.25, -0.2) is 8.78 Å². The highest BCUT2D eigenvalue weighted by Gasteiger charge is 2.30. The highest BCUT2D eigenvalue weighted by Crippen LogP contribution is 2.25. The first kappa shape index (κ1) is 19.5. The molecule has 0 saturated carbocycles. The third-order valence-corrected chi connectivity index (χ3v) is 4.58. The number of fused-ring (bicyclic) bond motifs is 1. The van der Waals surface area contributed by atoms with Gasteiger partial charge in [-0.2, -0.15) is 0 Å². The Morgan fingerprint density at radius 3 is 2.64 bits per heavy atom. The van der Waals surface area contributed by atoms with Gasteiger partial charge in [0.1, 0.15) is 17.2 Å². The van der Waals surface area contributed by atoms with Crippen LogP contribution in [0.5, 0.6) is 5.75 Å². The molecule has 1 aliphatic heterocycles. The van der Waals surface area contributed by atoms with Crippen molar-refractivity contribution in [1.29, 1.82) is 0 Å². The third-order valence-electron chi connectivity index (χ3n) is 4.58. The van der Waals surface area contributed by atoms with Gasteiger partial charge >= 0.3 is 0 Å². The van der Waals surface area contributed by atoms with E-state index >= 15 is 0 Å². The summed E-state index contributed by atoms with van der Waals surface area (Å²) in [6.07, 6.45) is 0.984. The Labute approximate surface area is 159 Å². The minimum absolute atomic E-state index is 0.0506. The van der Waals surface area contributed by atoms with Gasteiger partial charge in [-0.1, -0.05) is 6.07 Å². The van der Waals surface area contributed by atoms with E-state index in [0.29, 0.717) is 37.7 Å². The first-order valence-electron chi connectivity index (χ1n) is 8.84. The molecule has 28 heavy (non-hydrogen) atoms. The van der Waals surface area contributed by atoms with Crippen molar-refractivity contribution in [2.75, 3.05) is 6.54 Å². The first-order valence-corrected chi connectivity index (χ1v) is 8.84. The molecule has 2 aromatic rings. The lowest BCUT2D eigenvalue weighted by Gasteiger charge is -2.16. The topological polar surface area (TPSA) is 100 Å². The van der Waals surface area contributed by atoms with Crippen LogP contribution in [0.4, 0.5) is 8.78 Å². The molecule has 148 valence electrons. The summed E-state index contributed by atoms with van der Waals surface area (Å²) < 4.78 is 28.2. The fourth-order valence-corrected chi connectivity index (χ4v) is 3.30. The minimum Gasteiger partial charge on any atom is -0.503 e. The van der Waals surface area contributed by atoms with E-state index in [4.69, 9.17) is 0 Å². The zero-order valence-corrected chi connectivity index (χ0v) is 15.1.